The molecule has 0 heterocycles. The Bertz CT molecular complexity index is 926. The third-order valence-corrected chi connectivity index (χ3v) is 14.9. The highest BCUT2D eigenvalue weighted by Gasteiger charge is 2.57. The Morgan fingerprint density at radius 3 is 2.50 bits per heavy atom. The van der Waals surface area contributed by atoms with E-state index in [0.717, 1.165) is 32.1 Å². The molecule has 0 radical (unpaired) electrons. The minimum Gasteiger partial charge on any atom is -0.461 e. The topological polar surface area (TPSA) is 35.5 Å². The number of allylic oxidation sites excluding steroid dienone is 4. The molecule has 5 heteroatoms. The van der Waals surface area contributed by atoms with Gasteiger partial charge in [0.2, 0.25) is 5.83 Å². The van der Waals surface area contributed by atoms with Gasteiger partial charge in [-0.1, -0.05) is 58.4 Å². The molecule has 0 saturated heterocycles. The summed E-state index contributed by atoms with van der Waals surface area (Å²) in [6, 6.07) is 0. The molecule has 0 N–H and O–H groups in total. The SMILES string of the molecule is CCOC(=O)/C(F)=C1/C=CC2C3CC=C4C[C@@H](O[Si](C)(C)C(C)(C)C)CC[C@]4(C)C3CC[C@]12C. The molecule has 190 valence electrons. The van der Waals surface area contributed by atoms with E-state index in [1.165, 1.54) is 6.42 Å². The van der Waals surface area contributed by atoms with Crippen molar-refractivity contribution in [1.29, 1.82) is 0 Å². The van der Waals surface area contributed by atoms with Crippen molar-refractivity contribution >= 4 is 14.3 Å². The molecular weight excluding hydrogens is 443 g/mol. The Hall–Kier alpha value is -1.20. The van der Waals surface area contributed by atoms with Crippen LogP contribution in [0.3, 0.4) is 0 Å². The first-order valence-corrected chi connectivity index (χ1v) is 16.3. The van der Waals surface area contributed by atoms with Crippen LogP contribution in [-0.4, -0.2) is 27.0 Å². The largest absolute Gasteiger partial charge is 0.461 e. The van der Waals surface area contributed by atoms with E-state index in [2.05, 4.69) is 59.9 Å². The summed E-state index contributed by atoms with van der Waals surface area (Å²) in [5.74, 6) is -0.132. The van der Waals surface area contributed by atoms with Crippen LogP contribution in [0.15, 0.2) is 35.2 Å². The number of carbonyl (C=O) groups excluding carboxylic acids is 1. The van der Waals surface area contributed by atoms with Crippen LogP contribution >= 0.6 is 0 Å². The van der Waals surface area contributed by atoms with E-state index in [1.807, 2.05) is 6.08 Å². The average Bonchev–Trinajstić information content (AvgIpc) is 3.09. The first-order valence-electron chi connectivity index (χ1n) is 13.4. The zero-order valence-corrected chi connectivity index (χ0v) is 23.6. The summed E-state index contributed by atoms with van der Waals surface area (Å²) in [5, 5.41) is 0.229. The molecule has 0 aromatic rings. The lowest BCUT2D eigenvalue weighted by Gasteiger charge is -2.57. The summed E-state index contributed by atoms with van der Waals surface area (Å²) < 4.78 is 26.9. The van der Waals surface area contributed by atoms with Gasteiger partial charge in [0, 0.05) is 17.1 Å². The lowest BCUT2D eigenvalue weighted by atomic mass is 9.47. The van der Waals surface area contributed by atoms with Gasteiger partial charge in [-0.25, -0.2) is 4.79 Å². The molecule has 3 unspecified atom stereocenters. The van der Waals surface area contributed by atoms with Crippen LogP contribution in [0.4, 0.5) is 4.39 Å². The molecule has 0 spiro atoms. The number of ether oxygens (including phenoxy) is 1. The molecule has 0 aromatic heterocycles. The molecule has 0 bridgehead atoms. The number of hydrogen-bond donors (Lipinski definition) is 0. The average molecular weight is 489 g/mol. The third-order valence-electron chi connectivity index (χ3n) is 10.4. The standard InChI is InChI=1S/C29H45FO3Si/c1-9-32-26(31)25(30)24-13-12-22-21-11-10-19-18-20(33-34(7,8)27(2,3)4)14-16-28(19,5)23(21)15-17-29(22,24)6/h10,12-13,20-23H,9,11,14-18H2,1-8H3/b25-24+/t20-,21?,22?,23?,28-,29-/m0/s1. The summed E-state index contributed by atoms with van der Waals surface area (Å²) in [5.41, 5.74) is 2.04. The van der Waals surface area contributed by atoms with Crippen LogP contribution in [0, 0.1) is 28.6 Å². The zero-order chi connectivity index (χ0) is 25.1. The van der Waals surface area contributed by atoms with E-state index in [-0.39, 0.29) is 28.4 Å². The van der Waals surface area contributed by atoms with Gasteiger partial charge in [-0.3, -0.25) is 0 Å². The van der Waals surface area contributed by atoms with Gasteiger partial charge < -0.3 is 9.16 Å². The first kappa shape index (κ1) is 25.9. The number of halogens is 1. The molecule has 4 rings (SSSR count). The van der Waals surface area contributed by atoms with E-state index in [4.69, 9.17) is 9.16 Å². The molecule has 2 saturated carbocycles. The predicted octanol–water partition coefficient (Wildman–Crippen LogP) is 7.90. The summed E-state index contributed by atoms with van der Waals surface area (Å²) in [4.78, 5) is 12.2. The summed E-state index contributed by atoms with van der Waals surface area (Å²) >= 11 is 0. The van der Waals surface area contributed by atoms with Crippen LogP contribution in [-0.2, 0) is 14.0 Å². The van der Waals surface area contributed by atoms with Gasteiger partial charge in [0.05, 0.1) is 6.61 Å². The van der Waals surface area contributed by atoms with Crippen molar-refractivity contribution in [2.24, 2.45) is 28.6 Å². The minimum atomic E-state index is -1.78. The smallest absolute Gasteiger partial charge is 0.367 e. The summed E-state index contributed by atoms with van der Waals surface area (Å²) in [7, 11) is -1.78. The van der Waals surface area contributed by atoms with Crippen molar-refractivity contribution in [3.05, 3.63) is 35.2 Å². The molecule has 0 amide bonds. The Labute approximate surface area is 207 Å². The molecule has 6 atom stereocenters. The molecule has 4 aliphatic carbocycles. The molecule has 0 aliphatic heterocycles. The number of carbonyl (C=O) groups is 1. The van der Waals surface area contributed by atoms with Crippen LogP contribution in [0.25, 0.3) is 0 Å². The lowest BCUT2D eigenvalue weighted by molar-refractivity contribution is -0.140. The third kappa shape index (κ3) is 4.09. The summed E-state index contributed by atoms with van der Waals surface area (Å²) in [6.45, 7) is 18.2. The number of rotatable bonds is 4. The van der Waals surface area contributed by atoms with E-state index in [9.17, 15) is 4.79 Å². The van der Waals surface area contributed by atoms with Crippen molar-refractivity contribution in [2.45, 2.75) is 104 Å². The lowest BCUT2D eigenvalue weighted by Crippen LogP contribution is -2.51. The Kier molecular flexibility index (Phi) is 6.64. The second-order valence-corrected chi connectivity index (χ2v) is 17.9. The van der Waals surface area contributed by atoms with Crippen molar-refractivity contribution < 1.29 is 18.3 Å². The van der Waals surface area contributed by atoms with Crippen LogP contribution in [0.1, 0.15) is 80.1 Å². The van der Waals surface area contributed by atoms with Gasteiger partial charge in [0.25, 0.3) is 0 Å². The van der Waals surface area contributed by atoms with Gasteiger partial charge in [-0.15, -0.1) is 0 Å². The molecule has 0 aromatic carbocycles. The van der Waals surface area contributed by atoms with Crippen LogP contribution in [0.2, 0.25) is 18.1 Å². The zero-order valence-electron chi connectivity index (χ0n) is 22.6. The second-order valence-electron chi connectivity index (χ2n) is 13.2. The van der Waals surface area contributed by atoms with Gasteiger partial charge >= 0.3 is 5.97 Å². The maximum atomic E-state index is 15.1. The van der Waals surface area contributed by atoms with Gasteiger partial charge in [0.1, 0.15) is 0 Å². The number of esters is 1. The molecular formula is C29H45FO3Si. The fourth-order valence-electron chi connectivity index (χ4n) is 7.26. The molecule has 34 heavy (non-hydrogen) atoms. The van der Waals surface area contributed by atoms with E-state index in [0.29, 0.717) is 23.5 Å². The van der Waals surface area contributed by atoms with Gasteiger partial charge in [-0.05, 0) is 86.7 Å². The molecule has 2 fully saturated rings. The summed E-state index contributed by atoms with van der Waals surface area (Å²) in [6.07, 6.45) is 13.3. The van der Waals surface area contributed by atoms with Gasteiger partial charge in [-0.2, -0.15) is 4.39 Å². The fraction of sp³-hybridized carbons (Fsp3) is 0.759. The van der Waals surface area contributed by atoms with Crippen molar-refractivity contribution in [1.82, 2.24) is 0 Å². The molecule has 3 nitrogen and oxygen atoms in total. The normalized spacial score (nSPS) is 39.0. The van der Waals surface area contributed by atoms with Crippen molar-refractivity contribution in [3.63, 3.8) is 0 Å². The second kappa shape index (κ2) is 8.72. The Morgan fingerprint density at radius 2 is 1.85 bits per heavy atom. The fourth-order valence-corrected chi connectivity index (χ4v) is 8.65. The van der Waals surface area contributed by atoms with Crippen molar-refractivity contribution in [2.75, 3.05) is 6.61 Å². The van der Waals surface area contributed by atoms with Crippen molar-refractivity contribution in [3.8, 4) is 0 Å². The Balaban J connectivity index is 1.55. The van der Waals surface area contributed by atoms with Crippen LogP contribution in [0.5, 0.6) is 0 Å². The highest BCUT2D eigenvalue weighted by atomic mass is 28.4. The highest BCUT2D eigenvalue weighted by Crippen LogP contribution is 2.65. The number of hydrogen-bond acceptors (Lipinski definition) is 3. The van der Waals surface area contributed by atoms with Crippen LogP contribution < -0.4 is 0 Å². The quantitative estimate of drug-likeness (QED) is 0.175. The number of fused-ring (bicyclic) bond motifs is 5. The highest BCUT2D eigenvalue weighted by molar-refractivity contribution is 6.74. The molecule has 4 aliphatic rings. The predicted molar refractivity (Wildman–Crippen MR) is 138 cm³/mol. The maximum Gasteiger partial charge on any atom is 0.367 e. The van der Waals surface area contributed by atoms with E-state index in [1.54, 1.807) is 12.5 Å². The maximum absolute atomic E-state index is 15.1. The van der Waals surface area contributed by atoms with E-state index < -0.39 is 20.1 Å². The Morgan fingerprint density at radius 1 is 1.18 bits per heavy atom. The monoisotopic (exact) mass is 488 g/mol. The van der Waals surface area contributed by atoms with E-state index >= 15 is 4.39 Å². The minimum absolute atomic E-state index is 0.195. The van der Waals surface area contributed by atoms with Gasteiger partial charge in [0.15, 0.2) is 8.32 Å². The first-order chi connectivity index (χ1) is 15.7.